The lowest BCUT2D eigenvalue weighted by atomic mass is 9.95. The molecule has 0 bridgehead atoms. The van der Waals surface area contributed by atoms with Crippen LogP contribution in [0.15, 0.2) is 17.1 Å². The van der Waals surface area contributed by atoms with E-state index in [-0.39, 0.29) is 5.82 Å². The van der Waals surface area contributed by atoms with Gasteiger partial charge in [0.2, 0.25) is 0 Å². The number of aliphatic hydroxyl groups is 1. The summed E-state index contributed by atoms with van der Waals surface area (Å²) < 4.78 is 44.9. The summed E-state index contributed by atoms with van der Waals surface area (Å²) in [5.74, 6) is -0.714. The Labute approximate surface area is 149 Å². The van der Waals surface area contributed by atoms with Crippen molar-refractivity contribution in [3.63, 3.8) is 0 Å². The number of hydrogen-bond acceptors (Lipinski definition) is 7. The molecule has 9 nitrogen and oxygen atoms in total. The Bertz CT molecular complexity index is 738. The monoisotopic (exact) mass is 421 g/mol. The zero-order valence-electron chi connectivity index (χ0n) is 12.4. The maximum absolute atomic E-state index is 14.5. The van der Waals surface area contributed by atoms with Crippen LogP contribution in [-0.2, 0) is 9.30 Å². The van der Waals surface area contributed by atoms with Crippen molar-refractivity contribution in [2.24, 2.45) is 0 Å². The van der Waals surface area contributed by atoms with Gasteiger partial charge in [-0.2, -0.15) is 8.87 Å². The molecule has 1 fully saturated rings. The van der Waals surface area contributed by atoms with E-state index in [0.29, 0.717) is 4.57 Å². The fraction of sp³-hybridized carbons (Fsp3) is 0.636. The standard InChI is InChI=1S/C11H15ClF2N3O6PS/c12-4-11(3-6(25-14)24(20,21)22)8(18)7(13)9(23-11)17-2-1-5(15)16-10(17)19/h1-2,6-9,18H,3-4H2,(H2,15,16,19)(H2,20,21,22)/t6?,7-,8+,9-,11+/m1/s1. The van der Waals surface area contributed by atoms with E-state index < -0.39 is 66.8 Å². The molecule has 0 aliphatic carbocycles. The normalized spacial score (nSPS) is 31.2. The summed E-state index contributed by atoms with van der Waals surface area (Å²) in [6.45, 7) is 0. The minimum atomic E-state index is -4.92. The van der Waals surface area contributed by atoms with Crippen LogP contribution >= 0.6 is 31.3 Å². The van der Waals surface area contributed by atoms with Crippen LogP contribution in [0.1, 0.15) is 12.6 Å². The number of nitrogens with zero attached hydrogens (tertiary/aromatic N) is 2. The molecule has 0 amide bonds. The number of aromatic nitrogens is 2. The average molecular weight is 422 g/mol. The fourth-order valence-corrected chi connectivity index (χ4v) is 4.12. The Balaban J connectivity index is 2.38. The highest BCUT2D eigenvalue weighted by Gasteiger charge is 2.58. The molecule has 0 radical (unpaired) electrons. The fourth-order valence-electron chi connectivity index (χ4n) is 2.48. The van der Waals surface area contributed by atoms with Crippen LogP contribution in [0.25, 0.3) is 0 Å². The Hall–Kier alpha value is -0.750. The summed E-state index contributed by atoms with van der Waals surface area (Å²) >= 11 is 5.08. The van der Waals surface area contributed by atoms with Gasteiger partial charge in [0.1, 0.15) is 22.5 Å². The number of nitrogens with two attached hydrogens (primary N) is 1. The van der Waals surface area contributed by atoms with E-state index in [1.165, 1.54) is 6.07 Å². The summed E-state index contributed by atoms with van der Waals surface area (Å²) in [5, 5.41) is 10.2. The summed E-state index contributed by atoms with van der Waals surface area (Å²) in [5.41, 5.74) is 2.36. The van der Waals surface area contributed by atoms with Crippen molar-refractivity contribution in [2.75, 3.05) is 11.6 Å². The quantitative estimate of drug-likeness (QED) is 0.381. The molecule has 1 aromatic rings. The molecule has 14 heteroatoms. The van der Waals surface area contributed by atoms with Gasteiger partial charge < -0.3 is 25.4 Å². The predicted molar refractivity (Wildman–Crippen MR) is 86.5 cm³/mol. The second kappa shape index (κ2) is 7.47. The molecule has 5 atom stereocenters. The van der Waals surface area contributed by atoms with Gasteiger partial charge in [-0.3, -0.25) is 9.13 Å². The molecule has 1 saturated heterocycles. The molecule has 1 aliphatic rings. The van der Waals surface area contributed by atoms with Gasteiger partial charge in [0, 0.05) is 12.6 Å². The van der Waals surface area contributed by atoms with Crippen molar-refractivity contribution in [3.05, 3.63) is 22.7 Å². The van der Waals surface area contributed by atoms with Crippen molar-refractivity contribution < 1.29 is 32.5 Å². The molecule has 1 unspecified atom stereocenters. The minimum absolute atomic E-state index is 0.116. The molecule has 25 heavy (non-hydrogen) atoms. The first-order valence-corrected chi connectivity index (χ1v) is 9.78. The SMILES string of the molecule is Nc1ccn([C@@H]2O[C@](CCl)(CC(SF)P(=O)(O)O)[C@@H](O)[C@H]2F)c(=O)n1. The van der Waals surface area contributed by atoms with Gasteiger partial charge in [-0.1, -0.05) is 0 Å². The van der Waals surface area contributed by atoms with Crippen LogP contribution in [-0.4, -0.2) is 53.2 Å². The molecule has 0 saturated carbocycles. The van der Waals surface area contributed by atoms with Crippen molar-refractivity contribution in [2.45, 2.75) is 35.5 Å². The molecule has 0 aromatic carbocycles. The van der Waals surface area contributed by atoms with Crippen molar-refractivity contribution in [1.82, 2.24) is 9.55 Å². The van der Waals surface area contributed by atoms with Crippen molar-refractivity contribution in [1.29, 1.82) is 0 Å². The van der Waals surface area contributed by atoms with Crippen LogP contribution in [0.3, 0.4) is 0 Å². The maximum Gasteiger partial charge on any atom is 0.351 e. The summed E-state index contributed by atoms with van der Waals surface area (Å²) in [6, 6.07) is 1.19. The van der Waals surface area contributed by atoms with Crippen LogP contribution < -0.4 is 11.4 Å². The van der Waals surface area contributed by atoms with Gasteiger partial charge >= 0.3 is 13.3 Å². The second-order valence-electron chi connectivity index (χ2n) is 5.48. The third kappa shape index (κ3) is 4.00. The van der Waals surface area contributed by atoms with Crippen LogP contribution in [0.5, 0.6) is 0 Å². The first-order chi connectivity index (χ1) is 11.6. The number of anilines is 1. The minimum Gasteiger partial charge on any atom is -0.387 e. The number of nitrogen functional groups attached to an aromatic ring is 1. The molecule has 2 heterocycles. The second-order valence-corrected chi connectivity index (χ2v) is 8.64. The van der Waals surface area contributed by atoms with E-state index in [0.717, 1.165) is 6.20 Å². The highest BCUT2D eigenvalue weighted by Crippen LogP contribution is 2.54. The Kier molecular flexibility index (Phi) is 6.14. The molecule has 5 N–H and O–H groups in total. The number of rotatable bonds is 6. The number of alkyl halides is 2. The zero-order valence-corrected chi connectivity index (χ0v) is 14.9. The zero-order chi connectivity index (χ0) is 19.0. The lowest BCUT2D eigenvalue weighted by molar-refractivity contribution is -0.0930. The first kappa shape index (κ1) is 20.6. The molecule has 0 spiro atoms. The molecule has 1 aromatic heterocycles. The lowest BCUT2D eigenvalue weighted by Gasteiger charge is -2.32. The molecule has 142 valence electrons. The molecule has 1 aliphatic heterocycles. The Morgan fingerprint density at radius 2 is 2.24 bits per heavy atom. The largest absolute Gasteiger partial charge is 0.387 e. The number of hydrogen-bond donors (Lipinski definition) is 4. The lowest BCUT2D eigenvalue weighted by Crippen LogP contribution is -2.46. The highest BCUT2D eigenvalue weighted by molar-refractivity contribution is 8.01. The summed E-state index contributed by atoms with van der Waals surface area (Å²) in [7, 11) is -4.92. The third-order valence-corrected chi connectivity index (χ3v) is 6.64. The summed E-state index contributed by atoms with van der Waals surface area (Å²) in [4.78, 5) is 31.6. The van der Waals surface area contributed by atoms with E-state index in [1.807, 2.05) is 0 Å². The van der Waals surface area contributed by atoms with Crippen LogP contribution in [0.4, 0.5) is 14.1 Å². The topological polar surface area (TPSA) is 148 Å². The summed E-state index contributed by atoms with van der Waals surface area (Å²) in [6.07, 6.45) is -5.50. The van der Waals surface area contributed by atoms with Crippen LogP contribution in [0.2, 0.25) is 0 Å². The van der Waals surface area contributed by atoms with E-state index in [9.17, 15) is 22.7 Å². The van der Waals surface area contributed by atoms with Gasteiger partial charge in [-0.25, -0.2) is 9.18 Å². The maximum atomic E-state index is 14.5. The van der Waals surface area contributed by atoms with Crippen LogP contribution in [0, 0.1) is 0 Å². The Morgan fingerprint density at radius 1 is 1.60 bits per heavy atom. The van der Waals surface area contributed by atoms with Gasteiger partial charge in [-0.15, -0.1) is 11.6 Å². The molecule has 2 rings (SSSR count). The van der Waals surface area contributed by atoms with Crippen molar-refractivity contribution in [3.8, 4) is 0 Å². The van der Waals surface area contributed by atoms with Crippen molar-refractivity contribution >= 4 is 37.2 Å². The van der Waals surface area contributed by atoms with Gasteiger partial charge in [-0.05, 0) is 6.07 Å². The molecular weight excluding hydrogens is 407 g/mol. The molecular formula is C11H15ClF2N3O6PS. The van der Waals surface area contributed by atoms with E-state index >= 15 is 0 Å². The van der Waals surface area contributed by atoms with Gasteiger partial charge in [0.15, 0.2) is 12.4 Å². The number of halogens is 3. The average Bonchev–Trinajstić information content (AvgIpc) is 2.77. The van der Waals surface area contributed by atoms with Gasteiger partial charge in [0.25, 0.3) is 0 Å². The smallest absolute Gasteiger partial charge is 0.351 e. The number of ether oxygens (including phenoxy) is 1. The van der Waals surface area contributed by atoms with E-state index in [2.05, 4.69) is 4.98 Å². The Morgan fingerprint density at radius 3 is 2.72 bits per heavy atom. The van der Waals surface area contributed by atoms with E-state index in [4.69, 9.17) is 31.9 Å². The predicted octanol–water partition coefficient (Wildman–Crippen LogP) is 0.542. The van der Waals surface area contributed by atoms with E-state index in [1.54, 1.807) is 0 Å². The van der Waals surface area contributed by atoms with Gasteiger partial charge in [0.05, 0.1) is 18.0 Å². The first-order valence-electron chi connectivity index (χ1n) is 6.79. The third-order valence-electron chi connectivity index (χ3n) is 3.82. The number of aliphatic hydroxyl groups excluding tert-OH is 1. The highest BCUT2D eigenvalue weighted by atomic mass is 35.5.